The van der Waals surface area contributed by atoms with Crippen molar-refractivity contribution in [2.45, 2.75) is 438 Å². The number of aliphatic hydroxyl groups is 1. The van der Waals surface area contributed by atoms with E-state index in [2.05, 4.69) is 34.6 Å². The maximum absolute atomic E-state index is 13.1. The van der Waals surface area contributed by atoms with Gasteiger partial charge in [-0.2, -0.15) is 0 Å². The van der Waals surface area contributed by atoms with Crippen LogP contribution in [0.3, 0.4) is 0 Å². The Morgan fingerprint density at radius 1 is 0.276 bits per heavy atom. The Morgan fingerprint density at radius 3 is 0.694 bits per heavy atom. The number of aliphatic hydroxyl groups excluding tert-OH is 1. The van der Waals surface area contributed by atoms with Gasteiger partial charge in [0, 0.05) is 25.7 Å². The lowest BCUT2D eigenvalue weighted by atomic mass is 10.0. The molecule has 0 aliphatic carbocycles. The lowest BCUT2D eigenvalue weighted by Crippen LogP contribution is -2.30. The van der Waals surface area contributed by atoms with Gasteiger partial charge in [0.15, 0.2) is 12.2 Å². The predicted octanol–water partition coefficient (Wildman–Crippen LogP) is 23.6. The molecule has 0 amide bonds. The highest BCUT2D eigenvalue weighted by molar-refractivity contribution is 7.47. The number of carbonyl (C=O) groups is 4. The summed E-state index contributed by atoms with van der Waals surface area (Å²) in [6, 6.07) is 0. The van der Waals surface area contributed by atoms with E-state index in [-0.39, 0.29) is 25.7 Å². The fourth-order valence-electron chi connectivity index (χ4n) is 12.2. The first-order valence-corrected chi connectivity index (χ1v) is 44.1. The highest BCUT2D eigenvalue weighted by Crippen LogP contribution is 2.45. The van der Waals surface area contributed by atoms with Crippen LogP contribution in [0.25, 0.3) is 0 Å². The van der Waals surface area contributed by atoms with E-state index in [9.17, 15) is 43.2 Å². The van der Waals surface area contributed by atoms with Gasteiger partial charge in [0.25, 0.3) is 0 Å². The summed E-state index contributed by atoms with van der Waals surface area (Å²) in [4.78, 5) is 72.8. The summed E-state index contributed by atoms with van der Waals surface area (Å²) in [5, 5.41) is 10.6. The van der Waals surface area contributed by atoms with Gasteiger partial charge in [-0.3, -0.25) is 37.3 Å². The topological polar surface area (TPSA) is 237 Å². The molecule has 0 aromatic carbocycles. The number of hydrogen-bond donors (Lipinski definition) is 3. The number of carbonyl (C=O) groups excluding carboxylic acids is 4. The second kappa shape index (κ2) is 72.0. The molecule has 98 heavy (non-hydrogen) atoms. The Morgan fingerprint density at radius 2 is 0.469 bits per heavy atom. The van der Waals surface area contributed by atoms with Crippen molar-refractivity contribution in [3.63, 3.8) is 0 Å². The van der Waals surface area contributed by atoms with Gasteiger partial charge in [-0.05, 0) is 31.6 Å². The van der Waals surface area contributed by atoms with Crippen molar-refractivity contribution >= 4 is 39.5 Å². The molecule has 0 aromatic rings. The number of ether oxygens (including phenoxy) is 4. The average Bonchev–Trinajstić information content (AvgIpc) is 1.10. The summed E-state index contributed by atoms with van der Waals surface area (Å²) < 4.78 is 68.5. The number of rotatable bonds is 79. The zero-order chi connectivity index (χ0) is 71.9. The highest BCUT2D eigenvalue weighted by Gasteiger charge is 2.30. The molecule has 0 saturated heterocycles. The molecule has 2 unspecified atom stereocenters. The highest BCUT2D eigenvalue weighted by atomic mass is 31.2. The van der Waals surface area contributed by atoms with Crippen molar-refractivity contribution in [3.05, 3.63) is 0 Å². The summed E-state index contributed by atoms with van der Waals surface area (Å²) in [6.07, 6.45) is 62.5. The largest absolute Gasteiger partial charge is 0.472 e. The van der Waals surface area contributed by atoms with E-state index in [1.165, 1.54) is 238 Å². The third-order valence-electron chi connectivity index (χ3n) is 18.5. The molecule has 0 bridgehead atoms. The molecule has 17 nitrogen and oxygen atoms in total. The molecule has 0 radical (unpaired) electrons. The molecule has 19 heteroatoms. The molecule has 5 atom stereocenters. The number of esters is 4. The number of hydrogen-bond acceptors (Lipinski definition) is 15. The average molecular weight is 1440 g/mol. The van der Waals surface area contributed by atoms with Gasteiger partial charge in [0.2, 0.25) is 0 Å². The molecule has 0 rings (SSSR count). The van der Waals surface area contributed by atoms with Gasteiger partial charge in [0.05, 0.1) is 26.4 Å². The summed E-state index contributed by atoms with van der Waals surface area (Å²) >= 11 is 0. The molecular weight excluding hydrogens is 1280 g/mol. The zero-order valence-electron chi connectivity index (χ0n) is 63.9. The van der Waals surface area contributed by atoms with Crippen LogP contribution in [0.1, 0.15) is 420 Å². The fraction of sp³-hybridized carbons (Fsp3) is 0.949. The van der Waals surface area contributed by atoms with Crippen LogP contribution in [0.5, 0.6) is 0 Å². The second-order valence-corrected chi connectivity index (χ2v) is 31.8. The van der Waals surface area contributed by atoms with Gasteiger partial charge in [-0.25, -0.2) is 9.13 Å². The summed E-state index contributed by atoms with van der Waals surface area (Å²) in [6.45, 7) is 7.32. The standard InChI is InChI=1S/C79H154O17P2/c1-6-9-12-15-18-21-23-25-26-27-28-29-33-36-40-43-48-53-58-63-77(82)90-69-75(96-79(84)65-60-55-50-45-41-37-34-31-30-32-35-38-42-46-51-56-61-72(4)5)71-94-98(87,88)92-67-73(80)66-91-97(85,86)93-70-74(68-89-76(81)62-57-52-47-20-17-14-11-8-3)95-78(83)64-59-54-49-44-39-24-22-19-16-13-10-7-2/h72-75,80H,6-71H2,1-5H3,(H,85,86)(H,87,88)/t73-,74+,75+/m0/s1. The van der Waals surface area contributed by atoms with Crippen LogP contribution in [0, 0.1) is 5.92 Å². The van der Waals surface area contributed by atoms with Crippen LogP contribution >= 0.6 is 15.6 Å². The van der Waals surface area contributed by atoms with E-state index in [1.807, 2.05) is 0 Å². The Bertz CT molecular complexity index is 1870. The second-order valence-electron chi connectivity index (χ2n) is 28.9. The molecule has 0 aliphatic rings. The maximum Gasteiger partial charge on any atom is 0.472 e. The van der Waals surface area contributed by atoms with Crippen molar-refractivity contribution in [1.82, 2.24) is 0 Å². The fourth-order valence-corrected chi connectivity index (χ4v) is 13.8. The molecule has 0 aromatic heterocycles. The quantitative estimate of drug-likeness (QED) is 0.0222. The Hall–Kier alpha value is -1.94. The third kappa shape index (κ3) is 72.4. The van der Waals surface area contributed by atoms with Crippen LogP contribution in [0.4, 0.5) is 0 Å². The Labute approximate surface area is 600 Å². The molecule has 0 aliphatic heterocycles. The summed E-state index contributed by atoms with van der Waals surface area (Å²) in [7, 11) is -9.91. The minimum atomic E-state index is -4.96. The van der Waals surface area contributed by atoms with E-state index < -0.39 is 97.5 Å². The lowest BCUT2D eigenvalue weighted by molar-refractivity contribution is -0.161. The molecule has 0 heterocycles. The van der Waals surface area contributed by atoms with Gasteiger partial charge in [-0.15, -0.1) is 0 Å². The van der Waals surface area contributed by atoms with Crippen LogP contribution < -0.4 is 0 Å². The van der Waals surface area contributed by atoms with Gasteiger partial charge >= 0.3 is 39.5 Å². The van der Waals surface area contributed by atoms with Gasteiger partial charge in [0.1, 0.15) is 19.3 Å². The first-order chi connectivity index (χ1) is 47.5. The monoisotopic (exact) mass is 1440 g/mol. The van der Waals surface area contributed by atoms with Gasteiger partial charge < -0.3 is 33.8 Å². The summed E-state index contributed by atoms with van der Waals surface area (Å²) in [5.74, 6) is -1.30. The van der Waals surface area contributed by atoms with Crippen molar-refractivity contribution in [3.8, 4) is 0 Å². The number of unbranched alkanes of at least 4 members (excludes halogenated alkanes) is 51. The van der Waals surface area contributed by atoms with Crippen molar-refractivity contribution in [2.24, 2.45) is 5.92 Å². The van der Waals surface area contributed by atoms with Crippen LogP contribution in [-0.4, -0.2) is 96.7 Å². The normalized spacial score (nSPS) is 13.9. The van der Waals surface area contributed by atoms with E-state index in [0.717, 1.165) is 102 Å². The van der Waals surface area contributed by atoms with Crippen molar-refractivity contribution in [1.29, 1.82) is 0 Å². The Kier molecular flexibility index (Phi) is 70.6. The lowest BCUT2D eigenvalue weighted by Gasteiger charge is -2.21. The van der Waals surface area contributed by atoms with Crippen LogP contribution in [0.2, 0.25) is 0 Å². The minimum absolute atomic E-state index is 0.108. The first kappa shape index (κ1) is 96.1. The van der Waals surface area contributed by atoms with E-state index >= 15 is 0 Å². The first-order valence-electron chi connectivity index (χ1n) is 41.1. The molecule has 3 N–H and O–H groups in total. The smallest absolute Gasteiger partial charge is 0.462 e. The molecule has 0 spiro atoms. The maximum atomic E-state index is 13.1. The van der Waals surface area contributed by atoms with E-state index in [1.54, 1.807) is 0 Å². The van der Waals surface area contributed by atoms with Crippen LogP contribution in [-0.2, 0) is 65.4 Å². The molecular formula is C79H154O17P2. The van der Waals surface area contributed by atoms with Crippen LogP contribution in [0.15, 0.2) is 0 Å². The third-order valence-corrected chi connectivity index (χ3v) is 20.4. The summed E-state index contributed by atoms with van der Waals surface area (Å²) in [5.41, 5.74) is 0. The molecule has 0 fully saturated rings. The van der Waals surface area contributed by atoms with E-state index in [4.69, 9.17) is 37.0 Å². The number of phosphoric acid groups is 2. The predicted molar refractivity (Wildman–Crippen MR) is 400 cm³/mol. The molecule has 0 saturated carbocycles. The van der Waals surface area contributed by atoms with E-state index in [0.29, 0.717) is 25.7 Å². The molecule has 582 valence electrons. The zero-order valence-corrected chi connectivity index (χ0v) is 65.7. The van der Waals surface area contributed by atoms with Crippen molar-refractivity contribution in [2.75, 3.05) is 39.6 Å². The van der Waals surface area contributed by atoms with Crippen molar-refractivity contribution < 1.29 is 80.2 Å². The van der Waals surface area contributed by atoms with Gasteiger partial charge in [-0.1, -0.05) is 369 Å². The number of phosphoric ester groups is 2. The SMILES string of the molecule is CCCCCCCCCCCCCCCCCCCCCC(=O)OC[C@H](COP(=O)(O)OC[C@@H](O)COP(=O)(O)OC[C@@H](COC(=O)CCCCCCCCCC)OC(=O)CCCCCCCCCCCCCC)OC(=O)CCCCCCCCCCCCCCCCCCC(C)C. The Balaban J connectivity index is 5.19. The minimum Gasteiger partial charge on any atom is -0.462 e.